The summed E-state index contributed by atoms with van der Waals surface area (Å²) in [6.45, 7) is 7.66. The van der Waals surface area contributed by atoms with E-state index in [2.05, 4.69) is 48.7 Å². The Hall–Kier alpha value is -0.860. The van der Waals surface area contributed by atoms with Crippen molar-refractivity contribution in [1.29, 1.82) is 0 Å². The molecule has 0 aliphatic carbocycles. The minimum Gasteiger partial charge on any atom is -0.314 e. The Bertz CT molecular complexity index is 297. The third-order valence-corrected chi connectivity index (χ3v) is 3.05. The van der Waals surface area contributed by atoms with Crippen LogP contribution >= 0.6 is 0 Å². The van der Waals surface area contributed by atoms with Gasteiger partial charge in [0.05, 0.1) is 0 Å². The van der Waals surface area contributed by atoms with Gasteiger partial charge in [-0.25, -0.2) is 0 Å². The molecule has 1 saturated heterocycles. The quantitative estimate of drug-likeness (QED) is 0.770. The Morgan fingerprint density at radius 3 is 2.40 bits per heavy atom. The maximum absolute atomic E-state index is 3.52. The summed E-state index contributed by atoms with van der Waals surface area (Å²) in [5.74, 6) is 0.622. The van der Waals surface area contributed by atoms with Crippen LogP contribution in [0.1, 0.15) is 36.9 Å². The van der Waals surface area contributed by atoms with Crippen LogP contribution in [0.3, 0.4) is 0 Å². The summed E-state index contributed by atoms with van der Waals surface area (Å²) in [6, 6.07) is 9.48. The lowest BCUT2D eigenvalue weighted by Gasteiger charge is -2.25. The second-order valence-corrected chi connectivity index (χ2v) is 4.53. The Balaban J connectivity index is 2.08. The first kappa shape index (κ1) is 10.7. The van der Waals surface area contributed by atoms with Gasteiger partial charge in [0, 0.05) is 25.7 Å². The molecule has 1 aliphatic rings. The molecule has 0 radical (unpaired) electrons. The summed E-state index contributed by atoms with van der Waals surface area (Å²) in [6.07, 6.45) is 0. The highest BCUT2D eigenvalue weighted by Crippen LogP contribution is 2.18. The van der Waals surface area contributed by atoms with E-state index < -0.39 is 0 Å². The number of rotatable bonds is 2. The van der Waals surface area contributed by atoms with Gasteiger partial charge in [-0.15, -0.1) is 0 Å². The van der Waals surface area contributed by atoms with Crippen molar-refractivity contribution >= 4 is 0 Å². The molecule has 1 aromatic rings. The molecule has 82 valence electrons. The largest absolute Gasteiger partial charge is 0.314 e. The molecule has 15 heavy (non-hydrogen) atoms. The standard InChI is InChI=1S/C13H20N2/c1-10(2)11-3-5-12(6-4-11)13-9-14-7-8-15-13/h3-6,10,13-15H,7-9H2,1-2H3/t13-/m1/s1. The lowest BCUT2D eigenvalue weighted by atomic mass is 9.98. The summed E-state index contributed by atoms with van der Waals surface area (Å²) >= 11 is 0. The van der Waals surface area contributed by atoms with Gasteiger partial charge in [0.1, 0.15) is 0 Å². The molecule has 0 amide bonds. The van der Waals surface area contributed by atoms with Gasteiger partial charge in [-0.05, 0) is 17.0 Å². The average Bonchev–Trinajstić information content (AvgIpc) is 2.30. The van der Waals surface area contributed by atoms with E-state index in [0.29, 0.717) is 12.0 Å². The SMILES string of the molecule is CC(C)c1ccc([C@H]2CNCCN2)cc1. The summed E-state index contributed by atoms with van der Waals surface area (Å²) < 4.78 is 0. The van der Waals surface area contributed by atoms with Crippen LogP contribution in [0.25, 0.3) is 0 Å². The van der Waals surface area contributed by atoms with Gasteiger partial charge in [-0.3, -0.25) is 0 Å². The molecule has 1 fully saturated rings. The van der Waals surface area contributed by atoms with Gasteiger partial charge < -0.3 is 10.6 Å². The molecular weight excluding hydrogens is 184 g/mol. The first-order valence-corrected chi connectivity index (χ1v) is 5.81. The zero-order valence-corrected chi connectivity index (χ0v) is 9.59. The molecule has 1 aliphatic heterocycles. The zero-order valence-electron chi connectivity index (χ0n) is 9.59. The molecule has 0 unspecified atom stereocenters. The Kier molecular flexibility index (Phi) is 3.39. The third-order valence-electron chi connectivity index (χ3n) is 3.05. The highest BCUT2D eigenvalue weighted by molar-refractivity contribution is 5.27. The predicted molar refractivity (Wildman–Crippen MR) is 64.1 cm³/mol. The van der Waals surface area contributed by atoms with Gasteiger partial charge in [0.25, 0.3) is 0 Å². The highest BCUT2D eigenvalue weighted by Gasteiger charge is 2.13. The first-order valence-electron chi connectivity index (χ1n) is 5.81. The second kappa shape index (κ2) is 4.77. The predicted octanol–water partition coefficient (Wildman–Crippen LogP) is 2.04. The van der Waals surface area contributed by atoms with E-state index in [1.165, 1.54) is 11.1 Å². The molecule has 1 heterocycles. The molecule has 1 atom stereocenters. The van der Waals surface area contributed by atoms with Crippen molar-refractivity contribution in [2.24, 2.45) is 0 Å². The van der Waals surface area contributed by atoms with E-state index >= 15 is 0 Å². The maximum Gasteiger partial charge on any atom is 0.0447 e. The molecule has 0 saturated carbocycles. The molecule has 2 N–H and O–H groups in total. The van der Waals surface area contributed by atoms with Crippen LogP contribution in [0.4, 0.5) is 0 Å². The zero-order chi connectivity index (χ0) is 10.7. The van der Waals surface area contributed by atoms with E-state index in [-0.39, 0.29) is 0 Å². The van der Waals surface area contributed by atoms with Gasteiger partial charge in [0.15, 0.2) is 0 Å². The fourth-order valence-corrected chi connectivity index (χ4v) is 2.00. The second-order valence-electron chi connectivity index (χ2n) is 4.53. The van der Waals surface area contributed by atoms with Crippen molar-refractivity contribution in [3.8, 4) is 0 Å². The normalized spacial score (nSPS) is 21.9. The van der Waals surface area contributed by atoms with E-state index in [1.54, 1.807) is 0 Å². The van der Waals surface area contributed by atoms with Crippen LogP contribution in [0, 0.1) is 0 Å². The van der Waals surface area contributed by atoms with Crippen molar-refractivity contribution in [3.05, 3.63) is 35.4 Å². The number of nitrogens with one attached hydrogen (secondary N) is 2. The number of benzene rings is 1. The van der Waals surface area contributed by atoms with E-state index in [9.17, 15) is 0 Å². The van der Waals surface area contributed by atoms with Crippen LogP contribution in [0.2, 0.25) is 0 Å². The van der Waals surface area contributed by atoms with Crippen LogP contribution in [-0.2, 0) is 0 Å². The number of hydrogen-bond acceptors (Lipinski definition) is 2. The summed E-state index contributed by atoms with van der Waals surface area (Å²) in [4.78, 5) is 0. The van der Waals surface area contributed by atoms with Crippen molar-refractivity contribution in [2.75, 3.05) is 19.6 Å². The first-order chi connectivity index (χ1) is 7.27. The van der Waals surface area contributed by atoms with Gasteiger partial charge in [-0.1, -0.05) is 38.1 Å². The molecule has 1 aromatic carbocycles. The van der Waals surface area contributed by atoms with Crippen molar-refractivity contribution in [2.45, 2.75) is 25.8 Å². The third kappa shape index (κ3) is 2.58. The fraction of sp³-hybridized carbons (Fsp3) is 0.538. The van der Waals surface area contributed by atoms with Gasteiger partial charge in [0.2, 0.25) is 0 Å². The van der Waals surface area contributed by atoms with Crippen molar-refractivity contribution in [3.63, 3.8) is 0 Å². The van der Waals surface area contributed by atoms with Crippen LogP contribution in [0.5, 0.6) is 0 Å². The molecule has 2 heteroatoms. The van der Waals surface area contributed by atoms with Gasteiger partial charge in [-0.2, -0.15) is 0 Å². The Morgan fingerprint density at radius 2 is 1.87 bits per heavy atom. The fourth-order valence-electron chi connectivity index (χ4n) is 2.00. The Labute approximate surface area is 92.1 Å². The van der Waals surface area contributed by atoms with E-state index in [4.69, 9.17) is 0 Å². The monoisotopic (exact) mass is 204 g/mol. The molecule has 0 spiro atoms. The van der Waals surface area contributed by atoms with Crippen LogP contribution in [-0.4, -0.2) is 19.6 Å². The average molecular weight is 204 g/mol. The molecule has 2 rings (SSSR count). The summed E-state index contributed by atoms with van der Waals surface area (Å²) in [5.41, 5.74) is 2.81. The van der Waals surface area contributed by atoms with E-state index in [1.807, 2.05) is 0 Å². The molecule has 0 aromatic heterocycles. The van der Waals surface area contributed by atoms with E-state index in [0.717, 1.165) is 19.6 Å². The molecule has 2 nitrogen and oxygen atoms in total. The summed E-state index contributed by atoms with van der Waals surface area (Å²) in [7, 11) is 0. The van der Waals surface area contributed by atoms with Crippen molar-refractivity contribution in [1.82, 2.24) is 10.6 Å². The van der Waals surface area contributed by atoms with Crippen molar-refractivity contribution < 1.29 is 0 Å². The molecule has 0 bridgehead atoms. The highest BCUT2D eigenvalue weighted by atomic mass is 15.1. The minimum absolute atomic E-state index is 0.486. The Morgan fingerprint density at radius 1 is 1.13 bits per heavy atom. The number of hydrogen-bond donors (Lipinski definition) is 2. The molecular formula is C13H20N2. The number of piperazine rings is 1. The topological polar surface area (TPSA) is 24.1 Å². The van der Waals surface area contributed by atoms with Gasteiger partial charge >= 0.3 is 0 Å². The lowest BCUT2D eigenvalue weighted by molar-refractivity contribution is 0.430. The lowest BCUT2D eigenvalue weighted by Crippen LogP contribution is -2.42. The maximum atomic E-state index is 3.52. The van der Waals surface area contributed by atoms with Crippen LogP contribution in [0.15, 0.2) is 24.3 Å². The summed E-state index contributed by atoms with van der Waals surface area (Å²) in [5, 5.41) is 6.93. The smallest absolute Gasteiger partial charge is 0.0447 e. The van der Waals surface area contributed by atoms with Crippen LogP contribution < -0.4 is 10.6 Å². The minimum atomic E-state index is 0.486.